The first-order chi connectivity index (χ1) is 7.77. The molecule has 2 rings (SSSR count). The van der Waals surface area contributed by atoms with Crippen LogP contribution >= 0.6 is 0 Å². The maximum absolute atomic E-state index is 10.5. The fraction of sp³-hybridized carbons (Fsp3) is 0.167. The summed E-state index contributed by atoms with van der Waals surface area (Å²) in [5.41, 5.74) is 0.959. The largest absolute Gasteiger partial charge is 0.481 e. The highest BCUT2D eigenvalue weighted by atomic mass is 16.4. The van der Waals surface area contributed by atoms with E-state index in [-0.39, 0.29) is 6.42 Å². The van der Waals surface area contributed by atoms with Crippen LogP contribution in [0.25, 0.3) is 5.82 Å². The normalized spacial score (nSPS) is 10.2. The number of aryl methyl sites for hydroxylation is 1. The van der Waals surface area contributed by atoms with Crippen LogP contribution in [0.4, 0.5) is 0 Å². The lowest BCUT2D eigenvalue weighted by Crippen LogP contribution is -2.04. The van der Waals surface area contributed by atoms with E-state index in [4.69, 9.17) is 5.11 Å². The number of carboxylic acid groups (broad SMARTS) is 1. The zero-order valence-electron chi connectivity index (χ0n) is 8.71. The van der Waals surface area contributed by atoms with E-state index in [0.717, 1.165) is 11.5 Å². The Bertz CT molecular complexity index is 477. The van der Waals surface area contributed by atoms with Gasteiger partial charge in [-0.1, -0.05) is 6.07 Å². The van der Waals surface area contributed by atoms with Crippen LogP contribution in [-0.4, -0.2) is 20.6 Å². The summed E-state index contributed by atoms with van der Waals surface area (Å²) in [5, 5.41) is 8.65. The van der Waals surface area contributed by atoms with Crippen molar-refractivity contribution in [2.45, 2.75) is 12.8 Å². The van der Waals surface area contributed by atoms with Crippen LogP contribution in [0.2, 0.25) is 0 Å². The van der Waals surface area contributed by atoms with Gasteiger partial charge in [-0.3, -0.25) is 4.79 Å². The van der Waals surface area contributed by atoms with Crippen LogP contribution < -0.4 is 0 Å². The molecule has 0 fully saturated rings. The molecule has 2 aromatic rings. The molecule has 1 N–H and O–H groups in total. The third-order valence-corrected chi connectivity index (χ3v) is 2.32. The average Bonchev–Trinajstić information content (AvgIpc) is 2.75. The second-order valence-electron chi connectivity index (χ2n) is 3.45. The predicted octanol–water partition coefficient (Wildman–Crippen LogP) is 1.89. The van der Waals surface area contributed by atoms with E-state index >= 15 is 0 Å². The molecule has 0 aromatic carbocycles. The molecule has 0 unspecified atom stereocenters. The zero-order valence-corrected chi connectivity index (χ0v) is 8.71. The Balaban J connectivity index is 2.23. The third-order valence-electron chi connectivity index (χ3n) is 2.32. The summed E-state index contributed by atoms with van der Waals surface area (Å²) < 4.78 is 1.91. The Labute approximate surface area is 93.2 Å². The molecule has 0 atom stereocenters. The van der Waals surface area contributed by atoms with Crippen molar-refractivity contribution in [3.63, 3.8) is 0 Å². The van der Waals surface area contributed by atoms with Gasteiger partial charge in [-0.25, -0.2) is 4.98 Å². The van der Waals surface area contributed by atoms with Crippen molar-refractivity contribution in [1.29, 1.82) is 0 Å². The van der Waals surface area contributed by atoms with Crippen molar-refractivity contribution in [3.8, 4) is 5.82 Å². The van der Waals surface area contributed by atoms with Gasteiger partial charge in [-0.05, 0) is 30.7 Å². The smallest absolute Gasteiger partial charge is 0.303 e. The number of carbonyl (C=O) groups is 1. The Kier molecular flexibility index (Phi) is 3.00. The summed E-state index contributed by atoms with van der Waals surface area (Å²) in [6.45, 7) is 0. The quantitative estimate of drug-likeness (QED) is 0.849. The minimum absolute atomic E-state index is 0.136. The number of rotatable bonds is 4. The van der Waals surface area contributed by atoms with Crippen molar-refractivity contribution >= 4 is 5.97 Å². The van der Waals surface area contributed by atoms with Gasteiger partial charge in [0.05, 0.1) is 6.42 Å². The summed E-state index contributed by atoms with van der Waals surface area (Å²) in [5.74, 6) is 0.0293. The SMILES string of the molecule is O=C(O)CCc1cccn1-c1ccccn1. The van der Waals surface area contributed by atoms with Gasteiger partial charge in [0.2, 0.25) is 0 Å². The number of hydrogen-bond donors (Lipinski definition) is 1. The lowest BCUT2D eigenvalue weighted by Gasteiger charge is -2.06. The van der Waals surface area contributed by atoms with Crippen molar-refractivity contribution in [1.82, 2.24) is 9.55 Å². The van der Waals surface area contributed by atoms with Crippen LogP contribution in [0.3, 0.4) is 0 Å². The molecule has 0 aliphatic heterocycles. The number of pyridine rings is 1. The number of aliphatic carboxylic acids is 1. The van der Waals surface area contributed by atoms with Crippen LogP contribution in [0.5, 0.6) is 0 Å². The summed E-state index contributed by atoms with van der Waals surface area (Å²) in [6, 6.07) is 9.46. The molecule has 0 saturated carbocycles. The molecule has 2 aromatic heterocycles. The highest BCUT2D eigenvalue weighted by molar-refractivity contribution is 5.67. The van der Waals surface area contributed by atoms with E-state index in [0.29, 0.717) is 6.42 Å². The van der Waals surface area contributed by atoms with Gasteiger partial charge < -0.3 is 9.67 Å². The first-order valence-electron chi connectivity index (χ1n) is 5.07. The highest BCUT2D eigenvalue weighted by Gasteiger charge is 2.05. The van der Waals surface area contributed by atoms with E-state index in [1.807, 2.05) is 41.1 Å². The van der Waals surface area contributed by atoms with Gasteiger partial charge in [-0.2, -0.15) is 0 Å². The topological polar surface area (TPSA) is 55.1 Å². The maximum Gasteiger partial charge on any atom is 0.303 e. The highest BCUT2D eigenvalue weighted by Crippen LogP contribution is 2.11. The van der Waals surface area contributed by atoms with Crippen molar-refractivity contribution in [3.05, 3.63) is 48.4 Å². The molecular formula is C12H12N2O2. The minimum Gasteiger partial charge on any atom is -0.481 e. The molecule has 0 radical (unpaired) electrons. The Hall–Kier alpha value is -2.10. The number of aromatic nitrogens is 2. The van der Waals surface area contributed by atoms with Crippen molar-refractivity contribution < 1.29 is 9.90 Å². The lowest BCUT2D eigenvalue weighted by molar-refractivity contribution is -0.136. The molecular weight excluding hydrogens is 204 g/mol. The average molecular weight is 216 g/mol. The van der Waals surface area contributed by atoms with Gasteiger partial charge in [0.1, 0.15) is 5.82 Å². The predicted molar refractivity (Wildman–Crippen MR) is 59.5 cm³/mol. The van der Waals surface area contributed by atoms with E-state index < -0.39 is 5.97 Å². The van der Waals surface area contributed by atoms with Crippen LogP contribution in [0.15, 0.2) is 42.7 Å². The lowest BCUT2D eigenvalue weighted by atomic mass is 10.2. The Morgan fingerprint density at radius 1 is 1.31 bits per heavy atom. The molecule has 0 aliphatic rings. The van der Waals surface area contributed by atoms with Crippen LogP contribution in [0, 0.1) is 0 Å². The van der Waals surface area contributed by atoms with Gasteiger partial charge >= 0.3 is 5.97 Å². The molecule has 0 saturated heterocycles. The van der Waals surface area contributed by atoms with Crippen molar-refractivity contribution in [2.24, 2.45) is 0 Å². The first kappa shape index (κ1) is 10.4. The molecule has 0 spiro atoms. The van der Waals surface area contributed by atoms with E-state index in [2.05, 4.69) is 4.98 Å². The second-order valence-corrected chi connectivity index (χ2v) is 3.45. The summed E-state index contributed by atoms with van der Waals surface area (Å²) in [7, 11) is 0. The number of nitrogens with zero attached hydrogens (tertiary/aromatic N) is 2. The van der Waals surface area contributed by atoms with Crippen molar-refractivity contribution in [2.75, 3.05) is 0 Å². The number of carboxylic acids is 1. The van der Waals surface area contributed by atoms with Gasteiger partial charge in [-0.15, -0.1) is 0 Å². The Morgan fingerprint density at radius 3 is 2.88 bits per heavy atom. The van der Waals surface area contributed by atoms with Gasteiger partial charge in [0, 0.05) is 18.1 Å². The summed E-state index contributed by atoms with van der Waals surface area (Å²) >= 11 is 0. The fourth-order valence-corrected chi connectivity index (χ4v) is 1.57. The second kappa shape index (κ2) is 4.61. The fourth-order valence-electron chi connectivity index (χ4n) is 1.57. The molecule has 0 bridgehead atoms. The molecule has 82 valence electrons. The minimum atomic E-state index is -0.784. The van der Waals surface area contributed by atoms with E-state index in [1.54, 1.807) is 6.20 Å². The summed E-state index contributed by atoms with van der Waals surface area (Å²) in [6.07, 6.45) is 4.26. The molecule has 2 heterocycles. The van der Waals surface area contributed by atoms with E-state index in [1.165, 1.54) is 0 Å². The zero-order chi connectivity index (χ0) is 11.4. The van der Waals surface area contributed by atoms with Crippen LogP contribution in [-0.2, 0) is 11.2 Å². The number of hydrogen-bond acceptors (Lipinski definition) is 2. The molecule has 4 heteroatoms. The first-order valence-corrected chi connectivity index (χ1v) is 5.07. The van der Waals surface area contributed by atoms with Gasteiger partial charge in [0.15, 0.2) is 0 Å². The van der Waals surface area contributed by atoms with E-state index in [9.17, 15) is 4.79 Å². The summed E-state index contributed by atoms with van der Waals surface area (Å²) in [4.78, 5) is 14.7. The maximum atomic E-state index is 10.5. The molecule has 0 amide bonds. The van der Waals surface area contributed by atoms with Gasteiger partial charge in [0.25, 0.3) is 0 Å². The monoisotopic (exact) mass is 216 g/mol. The standard InChI is InChI=1S/C12H12N2O2/c15-12(16)7-6-10-4-3-9-14(10)11-5-1-2-8-13-11/h1-5,8-9H,6-7H2,(H,15,16). The Morgan fingerprint density at radius 2 is 2.19 bits per heavy atom. The third kappa shape index (κ3) is 2.28. The molecule has 4 nitrogen and oxygen atoms in total. The van der Waals surface area contributed by atoms with Crippen LogP contribution in [0.1, 0.15) is 12.1 Å². The molecule has 0 aliphatic carbocycles. The molecule has 16 heavy (non-hydrogen) atoms.